The quantitative estimate of drug-likeness (QED) is 0.193. The van der Waals surface area contributed by atoms with E-state index in [0.29, 0.717) is 0 Å². The molecular formula is C47H31NO. The molecule has 1 aliphatic heterocycles. The Morgan fingerprint density at radius 2 is 0.857 bits per heavy atom. The highest BCUT2D eigenvalue weighted by molar-refractivity contribution is 5.93. The second kappa shape index (κ2) is 10.8. The van der Waals surface area contributed by atoms with E-state index in [1.54, 1.807) is 0 Å². The molecule has 2 aliphatic rings. The summed E-state index contributed by atoms with van der Waals surface area (Å²) in [5, 5.41) is 2.38. The molecule has 0 aromatic heterocycles. The van der Waals surface area contributed by atoms with Crippen LogP contribution in [0.4, 0.5) is 17.1 Å². The molecule has 1 aliphatic carbocycles. The molecule has 0 bridgehead atoms. The molecule has 0 radical (unpaired) electrons. The maximum absolute atomic E-state index is 7.02. The fourth-order valence-electron chi connectivity index (χ4n) is 8.18. The molecule has 0 unspecified atom stereocenters. The van der Waals surface area contributed by atoms with Gasteiger partial charge in [0.1, 0.15) is 11.5 Å². The molecule has 0 atom stereocenters. The molecule has 0 N–H and O–H groups in total. The summed E-state index contributed by atoms with van der Waals surface area (Å²) in [6.45, 7) is 0. The summed E-state index contributed by atoms with van der Waals surface area (Å²) in [6.07, 6.45) is 0. The molecular weight excluding hydrogens is 595 g/mol. The van der Waals surface area contributed by atoms with Crippen LogP contribution in [-0.2, 0) is 5.41 Å². The Morgan fingerprint density at radius 1 is 0.347 bits per heavy atom. The molecule has 8 aromatic carbocycles. The van der Waals surface area contributed by atoms with Gasteiger partial charge in [0.05, 0.1) is 5.41 Å². The van der Waals surface area contributed by atoms with E-state index in [9.17, 15) is 0 Å². The van der Waals surface area contributed by atoms with Crippen molar-refractivity contribution in [2.24, 2.45) is 0 Å². The van der Waals surface area contributed by atoms with Crippen LogP contribution in [0, 0.1) is 0 Å². The van der Waals surface area contributed by atoms with Gasteiger partial charge in [0.25, 0.3) is 0 Å². The Morgan fingerprint density at radius 3 is 1.55 bits per heavy atom. The number of fused-ring (bicyclic) bond motifs is 10. The smallest absolute Gasteiger partial charge is 0.134 e. The van der Waals surface area contributed by atoms with Crippen molar-refractivity contribution in [1.82, 2.24) is 0 Å². The van der Waals surface area contributed by atoms with Crippen LogP contribution in [0.3, 0.4) is 0 Å². The maximum Gasteiger partial charge on any atom is 0.134 e. The van der Waals surface area contributed by atoms with Crippen LogP contribution in [-0.4, -0.2) is 0 Å². The normalized spacial score (nSPS) is 13.2. The van der Waals surface area contributed by atoms with Gasteiger partial charge in [-0.05, 0) is 86.6 Å². The average molecular weight is 626 g/mol. The summed E-state index contributed by atoms with van der Waals surface area (Å²) in [4.78, 5) is 2.32. The van der Waals surface area contributed by atoms with Gasteiger partial charge >= 0.3 is 0 Å². The van der Waals surface area contributed by atoms with Gasteiger partial charge in [-0.3, -0.25) is 0 Å². The highest BCUT2D eigenvalue weighted by Gasteiger charge is 2.51. The predicted octanol–water partition coefficient (Wildman–Crippen LogP) is 12.4. The van der Waals surface area contributed by atoms with Crippen molar-refractivity contribution in [1.29, 1.82) is 0 Å². The van der Waals surface area contributed by atoms with Crippen molar-refractivity contribution < 1.29 is 4.74 Å². The lowest BCUT2D eigenvalue weighted by atomic mass is 9.66. The lowest BCUT2D eigenvalue weighted by Gasteiger charge is -2.40. The van der Waals surface area contributed by atoms with E-state index in [2.05, 4.69) is 193 Å². The Kier molecular flexibility index (Phi) is 6.13. The van der Waals surface area contributed by atoms with E-state index in [1.807, 2.05) is 0 Å². The minimum atomic E-state index is -0.520. The zero-order valence-corrected chi connectivity index (χ0v) is 26.8. The van der Waals surface area contributed by atoms with Crippen LogP contribution < -0.4 is 9.64 Å². The van der Waals surface area contributed by atoms with Gasteiger partial charge in [0, 0.05) is 34.3 Å². The van der Waals surface area contributed by atoms with Crippen molar-refractivity contribution in [2.45, 2.75) is 5.41 Å². The Balaban J connectivity index is 1.20. The molecule has 2 nitrogen and oxygen atoms in total. The van der Waals surface area contributed by atoms with Crippen LogP contribution in [0.15, 0.2) is 188 Å². The van der Waals surface area contributed by atoms with Gasteiger partial charge in [0.15, 0.2) is 0 Å². The van der Waals surface area contributed by atoms with Crippen LogP contribution in [0.5, 0.6) is 11.5 Å². The summed E-state index contributed by atoms with van der Waals surface area (Å²) in [6, 6.07) is 67.7. The minimum absolute atomic E-state index is 0.520. The van der Waals surface area contributed by atoms with Crippen LogP contribution in [0.2, 0.25) is 0 Å². The highest BCUT2D eigenvalue weighted by atomic mass is 16.5. The van der Waals surface area contributed by atoms with E-state index >= 15 is 0 Å². The Bertz CT molecular complexity index is 2470. The number of ether oxygens (including phenoxy) is 1. The van der Waals surface area contributed by atoms with Gasteiger partial charge in [-0.15, -0.1) is 0 Å². The molecule has 0 saturated carbocycles. The zero-order valence-electron chi connectivity index (χ0n) is 26.8. The van der Waals surface area contributed by atoms with E-state index < -0.39 is 5.41 Å². The summed E-state index contributed by atoms with van der Waals surface area (Å²) in [5.41, 5.74) is 12.6. The summed E-state index contributed by atoms with van der Waals surface area (Å²) >= 11 is 0. The van der Waals surface area contributed by atoms with E-state index in [-0.39, 0.29) is 0 Å². The second-order valence-corrected chi connectivity index (χ2v) is 12.9. The van der Waals surface area contributed by atoms with Gasteiger partial charge in [-0.1, -0.05) is 140 Å². The fourth-order valence-corrected chi connectivity index (χ4v) is 8.18. The van der Waals surface area contributed by atoms with Gasteiger partial charge in [-0.25, -0.2) is 0 Å². The number of benzene rings is 8. The summed E-state index contributed by atoms with van der Waals surface area (Å²) in [5.74, 6) is 1.77. The molecule has 0 saturated heterocycles. The first kappa shape index (κ1) is 27.7. The third-order valence-electron chi connectivity index (χ3n) is 10.3. The number of rotatable bonds is 4. The predicted molar refractivity (Wildman–Crippen MR) is 201 cm³/mol. The van der Waals surface area contributed by atoms with E-state index in [1.165, 1.54) is 49.7 Å². The molecule has 230 valence electrons. The number of hydrogen-bond donors (Lipinski definition) is 0. The van der Waals surface area contributed by atoms with Gasteiger partial charge < -0.3 is 9.64 Å². The lowest BCUT2D eigenvalue weighted by Crippen LogP contribution is -2.32. The SMILES string of the molecule is c1ccc(-c2ccc(N(c3ccccc3)c3ccc4c(c3)Oc3cc5ccccc5cc3C43c4ccccc4-c4ccccc43)cc2)cc1. The Hall–Kier alpha value is -6.38. The number of nitrogens with zero attached hydrogens (tertiary/aromatic N) is 1. The number of para-hydroxylation sites is 1. The average Bonchev–Trinajstić information content (AvgIpc) is 3.46. The molecule has 1 spiro atoms. The number of anilines is 3. The standard InChI is InChI=1S/C47H31NO/c1-3-13-32(14-4-1)33-23-25-37(26-24-33)48(36-17-5-2-6-18-36)38-27-28-43-46(31-38)49-45-30-35-16-8-7-15-34(35)29-44(45)47(43)41-21-11-9-19-39(41)40-20-10-12-22-42(40)47/h1-31H. The molecule has 2 heteroatoms. The molecule has 0 fully saturated rings. The minimum Gasteiger partial charge on any atom is -0.457 e. The topological polar surface area (TPSA) is 12.5 Å². The van der Waals surface area contributed by atoms with Crippen LogP contribution >= 0.6 is 0 Å². The monoisotopic (exact) mass is 625 g/mol. The molecule has 8 aromatic rings. The second-order valence-electron chi connectivity index (χ2n) is 12.9. The van der Waals surface area contributed by atoms with Crippen LogP contribution in [0.1, 0.15) is 22.3 Å². The van der Waals surface area contributed by atoms with Crippen molar-refractivity contribution in [3.63, 3.8) is 0 Å². The Labute approximate surface area is 286 Å². The van der Waals surface area contributed by atoms with Crippen molar-refractivity contribution in [3.05, 3.63) is 210 Å². The molecule has 10 rings (SSSR count). The van der Waals surface area contributed by atoms with Gasteiger partial charge in [0.2, 0.25) is 0 Å². The molecule has 49 heavy (non-hydrogen) atoms. The van der Waals surface area contributed by atoms with Crippen molar-refractivity contribution in [3.8, 4) is 33.8 Å². The van der Waals surface area contributed by atoms with Gasteiger partial charge in [-0.2, -0.15) is 0 Å². The highest BCUT2D eigenvalue weighted by Crippen LogP contribution is 2.63. The molecule has 0 amide bonds. The van der Waals surface area contributed by atoms with Crippen molar-refractivity contribution in [2.75, 3.05) is 4.90 Å². The molecule has 1 heterocycles. The first-order chi connectivity index (χ1) is 24.3. The fraction of sp³-hybridized carbons (Fsp3) is 0.0213. The number of hydrogen-bond acceptors (Lipinski definition) is 2. The van der Waals surface area contributed by atoms with E-state index in [4.69, 9.17) is 4.74 Å². The third-order valence-corrected chi connectivity index (χ3v) is 10.3. The zero-order chi connectivity index (χ0) is 32.4. The summed E-state index contributed by atoms with van der Waals surface area (Å²) < 4.78 is 7.02. The largest absolute Gasteiger partial charge is 0.457 e. The third kappa shape index (κ3) is 4.14. The first-order valence-corrected chi connectivity index (χ1v) is 16.8. The van der Waals surface area contributed by atoms with E-state index in [0.717, 1.165) is 34.1 Å². The van der Waals surface area contributed by atoms with Crippen LogP contribution in [0.25, 0.3) is 33.0 Å². The lowest BCUT2D eigenvalue weighted by molar-refractivity contribution is 0.437. The first-order valence-electron chi connectivity index (χ1n) is 16.8. The summed E-state index contributed by atoms with van der Waals surface area (Å²) in [7, 11) is 0. The van der Waals surface area contributed by atoms with Crippen molar-refractivity contribution >= 4 is 27.8 Å². The maximum atomic E-state index is 7.02.